The summed E-state index contributed by atoms with van der Waals surface area (Å²) in [5.74, 6) is -0.0807. The molecule has 6 nitrogen and oxygen atoms in total. The van der Waals surface area contributed by atoms with Gasteiger partial charge in [0.15, 0.2) is 0 Å². The number of carbonyl (C=O) groups excluding carboxylic acids is 1. The molecular weight excluding hydrogens is 370 g/mol. The molecule has 10 atom stereocenters. The zero-order valence-electron chi connectivity index (χ0n) is 17.6. The third-order valence-corrected chi connectivity index (χ3v) is 11.2. The van der Waals surface area contributed by atoms with Crippen LogP contribution in [0.3, 0.4) is 0 Å². The fourth-order valence-electron chi connectivity index (χ4n) is 10.2. The molecule has 0 aromatic rings. The Morgan fingerprint density at radius 3 is 2.55 bits per heavy atom. The van der Waals surface area contributed by atoms with Crippen LogP contribution in [0.25, 0.3) is 0 Å². The van der Waals surface area contributed by atoms with Crippen molar-refractivity contribution in [2.24, 2.45) is 40.4 Å². The van der Waals surface area contributed by atoms with E-state index >= 15 is 0 Å². The number of aliphatic hydroxyl groups is 3. The monoisotopic (exact) mass is 405 g/mol. The maximum Gasteiger partial charge on any atom is 0.309 e. The molecular formula is C23H35NO5. The molecule has 4 bridgehead atoms. The van der Waals surface area contributed by atoms with Crippen molar-refractivity contribution in [2.45, 2.75) is 69.1 Å². The van der Waals surface area contributed by atoms with Crippen molar-refractivity contribution in [3.63, 3.8) is 0 Å². The van der Waals surface area contributed by atoms with E-state index in [1.54, 1.807) is 0 Å². The number of hydrogen-bond donors (Lipinski definition) is 3. The molecule has 6 rings (SSSR count). The van der Waals surface area contributed by atoms with Crippen molar-refractivity contribution in [1.82, 2.24) is 4.90 Å². The molecule has 4 aliphatic carbocycles. The molecule has 2 saturated heterocycles. The van der Waals surface area contributed by atoms with E-state index in [2.05, 4.69) is 11.8 Å². The Hall–Kier alpha value is -0.690. The van der Waals surface area contributed by atoms with Crippen LogP contribution in [0.5, 0.6) is 0 Å². The molecule has 0 unspecified atom stereocenters. The van der Waals surface area contributed by atoms with Crippen molar-refractivity contribution in [3.8, 4) is 0 Å². The number of hydrogen-bond acceptors (Lipinski definition) is 6. The number of aliphatic hydroxyl groups excluding tert-OH is 1. The van der Waals surface area contributed by atoms with Gasteiger partial charge in [0.1, 0.15) is 0 Å². The average Bonchev–Trinajstić information content (AvgIpc) is 3.25. The van der Waals surface area contributed by atoms with Gasteiger partial charge >= 0.3 is 5.97 Å². The first kappa shape index (κ1) is 19.0. The number of esters is 1. The summed E-state index contributed by atoms with van der Waals surface area (Å²) in [6.07, 6.45) is 5.74. The van der Waals surface area contributed by atoms with E-state index in [1.807, 2.05) is 0 Å². The van der Waals surface area contributed by atoms with E-state index in [1.165, 1.54) is 7.11 Å². The van der Waals surface area contributed by atoms with Gasteiger partial charge in [-0.1, -0.05) is 6.92 Å². The number of nitrogens with zero attached hydrogens (tertiary/aromatic N) is 1. The van der Waals surface area contributed by atoms with Crippen LogP contribution in [-0.2, 0) is 9.53 Å². The SMILES string of the molecule is COC(=O)[C@H]1C[C@@]23[C@H]4N5C[C@@H](CC[C@H]6CC[C@H]1[C@@]62O)[C@]3(CO)CC[C@]4(O)[C@H](C)C5. The first-order valence-electron chi connectivity index (χ1n) is 11.7. The van der Waals surface area contributed by atoms with Gasteiger partial charge in [0, 0.05) is 42.5 Å². The van der Waals surface area contributed by atoms with Gasteiger partial charge in [0.2, 0.25) is 0 Å². The highest BCUT2D eigenvalue weighted by Crippen LogP contribution is 2.79. The largest absolute Gasteiger partial charge is 0.469 e. The lowest BCUT2D eigenvalue weighted by Crippen LogP contribution is -2.78. The van der Waals surface area contributed by atoms with Crippen molar-refractivity contribution >= 4 is 5.97 Å². The molecule has 1 spiro atoms. The Labute approximate surface area is 172 Å². The van der Waals surface area contributed by atoms with Crippen molar-refractivity contribution in [3.05, 3.63) is 0 Å². The van der Waals surface area contributed by atoms with Gasteiger partial charge in [0.25, 0.3) is 0 Å². The molecule has 2 aliphatic heterocycles. The standard InChI is InChI=1S/C23H35NO5/c1-13-10-24-11-15-4-3-14-5-6-17-16(18(26)29-2)9-22(23(14,17)28)19(24)21(13,27)8-7-20(15,22)12-25/h13-17,19,25,27-28H,3-12H2,1-2H3/t13-,14+,15-,16+,17-,19+,20-,21+,22+,23+/m1/s1. The first-order valence-corrected chi connectivity index (χ1v) is 11.7. The topological polar surface area (TPSA) is 90.2 Å². The maximum atomic E-state index is 12.9. The summed E-state index contributed by atoms with van der Waals surface area (Å²) in [5.41, 5.74) is -2.92. The van der Waals surface area contributed by atoms with Crippen LogP contribution in [-0.4, -0.2) is 70.2 Å². The minimum absolute atomic E-state index is 0.0438. The highest BCUT2D eigenvalue weighted by atomic mass is 16.5. The quantitative estimate of drug-likeness (QED) is 0.598. The predicted octanol–water partition coefficient (Wildman–Crippen LogP) is 1.17. The van der Waals surface area contributed by atoms with Gasteiger partial charge in [-0.05, 0) is 62.7 Å². The van der Waals surface area contributed by atoms with E-state index in [9.17, 15) is 20.1 Å². The highest BCUT2D eigenvalue weighted by Gasteiger charge is 2.85. The van der Waals surface area contributed by atoms with E-state index in [-0.39, 0.29) is 42.3 Å². The zero-order chi connectivity index (χ0) is 20.4. The molecule has 0 aromatic heterocycles. The van der Waals surface area contributed by atoms with Crippen molar-refractivity contribution < 1.29 is 24.9 Å². The summed E-state index contributed by atoms with van der Waals surface area (Å²) < 4.78 is 5.22. The molecule has 0 aromatic carbocycles. The minimum Gasteiger partial charge on any atom is -0.469 e. The molecule has 3 N–H and O–H groups in total. The van der Waals surface area contributed by atoms with Crippen molar-refractivity contribution in [1.29, 1.82) is 0 Å². The highest BCUT2D eigenvalue weighted by molar-refractivity contribution is 5.74. The Morgan fingerprint density at radius 2 is 1.83 bits per heavy atom. The lowest BCUT2D eigenvalue weighted by Gasteiger charge is -2.70. The third kappa shape index (κ3) is 1.74. The average molecular weight is 406 g/mol. The second-order valence-corrected chi connectivity index (χ2v) is 11.3. The zero-order valence-corrected chi connectivity index (χ0v) is 17.6. The molecule has 0 radical (unpaired) electrons. The predicted molar refractivity (Wildman–Crippen MR) is 105 cm³/mol. The summed E-state index contributed by atoms with van der Waals surface area (Å²) in [7, 11) is 1.44. The summed E-state index contributed by atoms with van der Waals surface area (Å²) in [5, 5.41) is 35.7. The number of piperidine rings is 1. The second kappa shape index (κ2) is 5.56. The van der Waals surface area contributed by atoms with Crippen LogP contribution in [0, 0.1) is 40.4 Å². The van der Waals surface area contributed by atoms with Crippen LogP contribution in [0.15, 0.2) is 0 Å². The minimum atomic E-state index is -1.01. The molecule has 6 fully saturated rings. The van der Waals surface area contributed by atoms with Gasteiger partial charge in [-0.15, -0.1) is 0 Å². The van der Waals surface area contributed by atoms with Crippen LogP contribution in [0.1, 0.15) is 51.9 Å². The molecule has 2 heterocycles. The normalized spacial score (nSPS) is 60.0. The summed E-state index contributed by atoms with van der Waals surface area (Å²) >= 11 is 0. The molecule has 162 valence electrons. The Morgan fingerprint density at radius 1 is 1.10 bits per heavy atom. The van der Waals surface area contributed by atoms with Crippen LogP contribution >= 0.6 is 0 Å². The lowest BCUT2D eigenvalue weighted by atomic mass is 9.40. The number of ether oxygens (including phenoxy) is 1. The lowest BCUT2D eigenvalue weighted by molar-refractivity contribution is -0.289. The molecule has 6 heteroatoms. The Kier molecular flexibility index (Phi) is 3.65. The van der Waals surface area contributed by atoms with Gasteiger partial charge < -0.3 is 20.1 Å². The molecule has 29 heavy (non-hydrogen) atoms. The van der Waals surface area contributed by atoms with Gasteiger partial charge in [-0.2, -0.15) is 0 Å². The maximum absolute atomic E-state index is 12.9. The fraction of sp³-hybridized carbons (Fsp3) is 0.957. The van der Waals surface area contributed by atoms with Gasteiger partial charge in [0.05, 0.1) is 24.2 Å². The van der Waals surface area contributed by atoms with Crippen LogP contribution in [0.4, 0.5) is 0 Å². The number of carbonyl (C=O) groups is 1. The van der Waals surface area contributed by atoms with Crippen molar-refractivity contribution in [2.75, 3.05) is 26.8 Å². The second-order valence-electron chi connectivity index (χ2n) is 11.3. The number of rotatable bonds is 2. The van der Waals surface area contributed by atoms with E-state index in [0.29, 0.717) is 18.8 Å². The third-order valence-electron chi connectivity index (χ3n) is 11.2. The first-order chi connectivity index (χ1) is 13.8. The van der Waals surface area contributed by atoms with Crippen LogP contribution < -0.4 is 0 Å². The van der Waals surface area contributed by atoms with E-state index in [0.717, 1.165) is 45.2 Å². The fourth-order valence-corrected chi connectivity index (χ4v) is 10.2. The Balaban J connectivity index is 1.65. The van der Waals surface area contributed by atoms with Crippen LogP contribution in [0.2, 0.25) is 0 Å². The smallest absolute Gasteiger partial charge is 0.309 e. The summed E-state index contributed by atoms with van der Waals surface area (Å²) in [4.78, 5) is 15.3. The van der Waals surface area contributed by atoms with E-state index in [4.69, 9.17) is 4.74 Å². The summed E-state index contributed by atoms with van der Waals surface area (Å²) in [6, 6.07) is -0.178. The molecule has 0 amide bonds. The Bertz CT molecular complexity index is 760. The van der Waals surface area contributed by atoms with E-state index < -0.39 is 22.0 Å². The summed E-state index contributed by atoms with van der Waals surface area (Å²) in [6.45, 7) is 3.92. The molecule has 4 saturated carbocycles. The van der Waals surface area contributed by atoms with Gasteiger partial charge in [-0.25, -0.2) is 0 Å². The van der Waals surface area contributed by atoms with Gasteiger partial charge in [-0.3, -0.25) is 9.69 Å². The molecule has 6 aliphatic rings. The number of methoxy groups -OCH3 is 1.